The summed E-state index contributed by atoms with van der Waals surface area (Å²) in [7, 11) is 0. The number of hydrogen-bond acceptors (Lipinski definition) is 3. The Kier molecular flexibility index (Phi) is 11.6. The van der Waals surface area contributed by atoms with Crippen molar-refractivity contribution in [1.82, 2.24) is 5.32 Å². The summed E-state index contributed by atoms with van der Waals surface area (Å²) in [5.74, 6) is 0. The first kappa shape index (κ1) is 17.1. The first-order valence-electron chi connectivity index (χ1n) is 4.45. The molecule has 1 aromatic rings. The molecule has 1 rings (SSSR count). The molecule has 0 bridgehead atoms. The summed E-state index contributed by atoms with van der Waals surface area (Å²) in [6.07, 6.45) is -0.441. The first-order chi connectivity index (χ1) is 6.33. The minimum atomic E-state index is -0.441. The van der Waals surface area contributed by atoms with Crippen LogP contribution in [0.15, 0.2) is 30.3 Å². The molecule has 5 heteroatoms. The zero-order valence-corrected chi connectivity index (χ0v) is 10.1. The van der Waals surface area contributed by atoms with Crippen molar-refractivity contribution in [3.05, 3.63) is 35.9 Å². The van der Waals surface area contributed by atoms with E-state index >= 15 is 0 Å². The van der Waals surface area contributed by atoms with E-state index in [9.17, 15) is 0 Å². The monoisotopic (exact) mass is 252 g/mol. The predicted molar refractivity (Wildman–Crippen MR) is 67.7 cm³/mol. The van der Waals surface area contributed by atoms with Gasteiger partial charge in [-0.2, -0.15) is 0 Å². The van der Waals surface area contributed by atoms with Gasteiger partial charge < -0.3 is 16.2 Å². The lowest BCUT2D eigenvalue weighted by atomic mass is 10.2. The minimum Gasteiger partial charge on any atom is -0.390 e. The van der Waals surface area contributed by atoms with Crippen LogP contribution in [0.2, 0.25) is 0 Å². The van der Waals surface area contributed by atoms with Crippen LogP contribution in [-0.2, 0) is 6.54 Å². The number of halogens is 2. The van der Waals surface area contributed by atoms with Gasteiger partial charge in [-0.15, -0.1) is 24.8 Å². The molecule has 3 nitrogen and oxygen atoms in total. The number of nitrogens with two attached hydrogens (primary N) is 1. The lowest BCUT2D eigenvalue weighted by molar-refractivity contribution is 0.179. The van der Waals surface area contributed by atoms with Gasteiger partial charge in [-0.05, 0) is 5.56 Å². The van der Waals surface area contributed by atoms with E-state index in [2.05, 4.69) is 5.32 Å². The third-order valence-corrected chi connectivity index (χ3v) is 1.82. The molecule has 0 aliphatic carbocycles. The molecule has 0 fully saturated rings. The van der Waals surface area contributed by atoms with E-state index in [1.807, 2.05) is 30.3 Å². The molecule has 15 heavy (non-hydrogen) atoms. The molecule has 0 amide bonds. The Bertz CT molecular complexity index is 234. The van der Waals surface area contributed by atoms with Crippen LogP contribution in [0.4, 0.5) is 0 Å². The Labute approximate surface area is 103 Å². The van der Waals surface area contributed by atoms with Gasteiger partial charge in [0.25, 0.3) is 0 Å². The SMILES string of the molecule is Cl.Cl.NCC(O)CNCc1ccccc1. The number of aliphatic hydroxyl groups is 1. The average Bonchev–Trinajstić information content (AvgIpc) is 2.19. The molecule has 4 N–H and O–H groups in total. The molecule has 1 aromatic carbocycles. The van der Waals surface area contributed by atoms with Crippen molar-refractivity contribution in [2.75, 3.05) is 13.1 Å². The smallest absolute Gasteiger partial charge is 0.0786 e. The molecule has 0 aliphatic rings. The van der Waals surface area contributed by atoms with Gasteiger partial charge in [0.1, 0.15) is 0 Å². The van der Waals surface area contributed by atoms with Gasteiger partial charge in [-0.3, -0.25) is 0 Å². The Morgan fingerprint density at radius 2 is 1.80 bits per heavy atom. The van der Waals surface area contributed by atoms with Crippen LogP contribution < -0.4 is 11.1 Å². The van der Waals surface area contributed by atoms with Gasteiger partial charge in [0.15, 0.2) is 0 Å². The Morgan fingerprint density at radius 1 is 1.20 bits per heavy atom. The summed E-state index contributed by atoms with van der Waals surface area (Å²) in [4.78, 5) is 0. The standard InChI is InChI=1S/C10H16N2O.2ClH/c11-6-10(13)8-12-7-9-4-2-1-3-5-9;;/h1-5,10,12-13H,6-8,11H2;2*1H. The summed E-state index contributed by atoms with van der Waals surface area (Å²) < 4.78 is 0. The first-order valence-corrected chi connectivity index (χ1v) is 4.45. The van der Waals surface area contributed by atoms with Gasteiger partial charge >= 0.3 is 0 Å². The lowest BCUT2D eigenvalue weighted by Gasteiger charge is -2.08. The van der Waals surface area contributed by atoms with E-state index in [0.717, 1.165) is 6.54 Å². The molecule has 1 unspecified atom stereocenters. The van der Waals surface area contributed by atoms with Crippen molar-refractivity contribution < 1.29 is 5.11 Å². The predicted octanol–water partition coefficient (Wildman–Crippen LogP) is 0.939. The molecule has 88 valence electrons. The zero-order chi connectivity index (χ0) is 9.52. The summed E-state index contributed by atoms with van der Waals surface area (Å²) in [6, 6.07) is 10.1. The maximum absolute atomic E-state index is 9.15. The fraction of sp³-hybridized carbons (Fsp3) is 0.400. The number of hydrogen-bond donors (Lipinski definition) is 3. The highest BCUT2D eigenvalue weighted by molar-refractivity contribution is 5.85. The Balaban J connectivity index is 0. The van der Waals surface area contributed by atoms with Crippen LogP contribution in [0.5, 0.6) is 0 Å². The molecule has 1 atom stereocenters. The Hall–Kier alpha value is -0.320. The number of rotatable bonds is 5. The molecule has 0 heterocycles. The van der Waals surface area contributed by atoms with Crippen molar-refractivity contribution in [2.45, 2.75) is 12.6 Å². The highest BCUT2D eigenvalue weighted by Crippen LogP contribution is 1.96. The molecular weight excluding hydrogens is 235 g/mol. The fourth-order valence-corrected chi connectivity index (χ4v) is 1.06. The highest BCUT2D eigenvalue weighted by Gasteiger charge is 1.98. The van der Waals surface area contributed by atoms with E-state index in [0.29, 0.717) is 13.1 Å². The number of nitrogens with one attached hydrogen (secondary N) is 1. The number of benzene rings is 1. The summed E-state index contributed by atoms with van der Waals surface area (Å²) in [5, 5.41) is 12.3. The fourth-order valence-electron chi connectivity index (χ4n) is 1.06. The van der Waals surface area contributed by atoms with Crippen molar-refractivity contribution in [3.8, 4) is 0 Å². The van der Waals surface area contributed by atoms with E-state index in [4.69, 9.17) is 10.8 Å². The molecule has 0 radical (unpaired) electrons. The van der Waals surface area contributed by atoms with Gasteiger partial charge in [0.05, 0.1) is 6.10 Å². The summed E-state index contributed by atoms with van der Waals surface area (Å²) in [5.41, 5.74) is 6.48. The van der Waals surface area contributed by atoms with E-state index in [-0.39, 0.29) is 24.8 Å². The molecule has 0 spiro atoms. The molecule has 0 saturated heterocycles. The maximum atomic E-state index is 9.15. The molecule has 0 aromatic heterocycles. The highest BCUT2D eigenvalue weighted by atomic mass is 35.5. The van der Waals surface area contributed by atoms with Crippen molar-refractivity contribution >= 4 is 24.8 Å². The van der Waals surface area contributed by atoms with E-state index in [1.165, 1.54) is 5.56 Å². The van der Waals surface area contributed by atoms with Crippen molar-refractivity contribution in [1.29, 1.82) is 0 Å². The summed E-state index contributed by atoms with van der Waals surface area (Å²) >= 11 is 0. The largest absolute Gasteiger partial charge is 0.390 e. The maximum Gasteiger partial charge on any atom is 0.0786 e. The van der Waals surface area contributed by atoms with Crippen molar-refractivity contribution in [3.63, 3.8) is 0 Å². The van der Waals surface area contributed by atoms with Crippen LogP contribution in [0, 0.1) is 0 Å². The van der Waals surface area contributed by atoms with Gasteiger partial charge in [0, 0.05) is 19.6 Å². The van der Waals surface area contributed by atoms with Gasteiger partial charge in [-0.1, -0.05) is 30.3 Å². The van der Waals surface area contributed by atoms with Gasteiger partial charge in [-0.25, -0.2) is 0 Å². The van der Waals surface area contributed by atoms with Crippen LogP contribution in [0.1, 0.15) is 5.56 Å². The van der Waals surface area contributed by atoms with Crippen LogP contribution in [0.25, 0.3) is 0 Å². The third kappa shape index (κ3) is 7.59. The summed E-state index contributed by atoms with van der Waals surface area (Å²) in [6.45, 7) is 1.63. The van der Waals surface area contributed by atoms with E-state index in [1.54, 1.807) is 0 Å². The second-order valence-electron chi connectivity index (χ2n) is 3.01. The minimum absolute atomic E-state index is 0. The van der Waals surface area contributed by atoms with Gasteiger partial charge in [0.2, 0.25) is 0 Å². The lowest BCUT2D eigenvalue weighted by Crippen LogP contribution is -2.32. The van der Waals surface area contributed by atoms with Crippen LogP contribution in [-0.4, -0.2) is 24.3 Å². The topological polar surface area (TPSA) is 58.3 Å². The van der Waals surface area contributed by atoms with E-state index < -0.39 is 6.10 Å². The number of aliphatic hydroxyl groups excluding tert-OH is 1. The second kappa shape index (κ2) is 10.2. The third-order valence-electron chi connectivity index (χ3n) is 1.82. The normalized spacial score (nSPS) is 11.1. The van der Waals surface area contributed by atoms with Crippen LogP contribution in [0.3, 0.4) is 0 Å². The molecule has 0 saturated carbocycles. The Morgan fingerprint density at radius 3 is 2.33 bits per heavy atom. The molecular formula is C10H18Cl2N2O. The molecule has 0 aliphatic heterocycles. The zero-order valence-electron chi connectivity index (χ0n) is 8.43. The van der Waals surface area contributed by atoms with Crippen LogP contribution >= 0.6 is 24.8 Å². The average molecular weight is 253 g/mol. The second-order valence-corrected chi connectivity index (χ2v) is 3.01. The van der Waals surface area contributed by atoms with Crippen molar-refractivity contribution in [2.24, 2.45) is 5.73 Å². The quantitative estimate of drug-likeness (QED) is 0.732.